The molecule has 4 rings (SSSR count). The van der Waals surface area contributed by atoms with E-state index in [1.165, 1.54) is 0 Å². The van der Waals surface area contributed by atoms with Crippen molar-refractivity contribution in [2.75, 3.05) is 13.9 Å². The van der Waals surface area contributed by atoms with Gasteiger partial charge in [-0.3, -0.25) is 0 Å². The van der Waals surface area contributed by atoms with Gasteiger partial charge in [-0.15, -0.1) is 0 Å². The van der Waals surface area contributed by atoms with Gasteiger partial charge in [0.25, 0.3) is 0 Å². The van der Waals surface area contributed by atoms with Crippen molar-refractivity contribution < 1.29 is 18.9 Å². The summed E-state index contributed by atoms with van der Waals surface area (Å²) in [6.45, 7) is 1.93. The molecule has 1 aliphatic rings. The maximum atomic E-state index is 6.15. The van der Waals surface area contributed by atoms with Crippen LogP contribution >= 0.6 is 27.5 Å². The quantitative estimate of drug-likeness (QED) is 0.438. The lowest BCUT2D eigenvalue weighted by atomic mass is 10.1. The van der Waals surface area contributed by atoms with Crippen molar-refractivity contribution in [3.8, 4) is 23.0 Å². The van der Waals surface area contributed by atoms with Gasteiger partial charge in [0.05, 0.1) is 7.11 Å². The van der Waals surface area contributed by atoms with Crippen molar-refractivity contribution in [2.24, 2.45) is 0 Å². The molecule has 0 saturated carbocycles. The lowest BCUT2D eigenvalue weighted by molar-refractivity contribution is 0.174. The zero-order valence-corrected chi connectivity index (χ0v) is 18.8. The Balaban J connectivity index is 1.47. The van der Waals surface area contributed by atoms with E-state index in [0.717, 1.165) is 32.7 Å². The van der Waals surface area contributed by atoms with E-state index in [9.17, 15) is 0 Å². The monoisotopic (exact) mass is 489 g/mol. The van der Waals surface area contributed by atoms with Crippen LogP contribution in [0.3, 0.4) is 0 Å². The van der Waals surface area contributed by atoms with Gasteiger partial charge in [-0.2, -0.15) is 0 Å². The minimum atomic E-state index is 0.274. The summed E-state index contributed by atoms with van der Waals surface area (Å²) in [4.78, 5) is 0. The van der Waals surface area contributed by atoms with Crippen LogP contribution in [0.5, 0.6) is 23.0 Å². The summed E-state index contributed by atoms with van der Waals surface area (Å²) < 4.78 is 23.5. The van der Waals surface area contributed by atoms with Gasteiger partial charge in [0, 0.05) is 28.1 Å². The van der Waals surface area contributed by atoms with Crippen LogP contribution in [0.25, 0.3) is 0 Å². The van der Waals surface area contributed by atoms with Crippen LogP contribution < -0.4 is 24.3 Å². The van der Waals surface area contributed by atoms with Crippen LogP contribution in [0.2, 0.25) is 5.02 Å². The molecule has 0 spiro atoms. The van der Waals surface area contributed by atoms with Gasteiger partial charge in [0.2, 0.25) is 6.79 Å². The van der Waals surface area contributed by atoms with Crippen LogP contribution in [0.15, 0.2) is 59.1 Å². The molecule has 0 atom stereocenters. The van der Waals surface area contributed by atoms with Gasteiger partial charge in [-0.1, -0.05) is 45.7 Å². The average Bonchev–Trinajstić information content (AvgIpc) is 3.22. The Morgan fingerprint density at radius 3 is 2.70 bits per heavy atom. The molecule has 0 fully saturated rings. The smallest absolute Gasteiger partial charge is 0.231 e. The zero-order valence-electron chi connectivity index (χ0n) is 16.4. The molecule has 1 aliphatic heterocycles. The highest BCUT2D eigenvalue weighted by molar-refractivity contribution is 9.10. The number of hydrogen-bond donors (Lipinski definition) is 1. The summed E-state index contributed by atoms with van der Waals surface area (Å²) in [6, 6.07) is 17.4. The molecular formula is C23H21BrClNO4. The van der Waals surface area contributed by atoms with Crippen molar-refractivity contribution in [1.29, 1.82) is 0 Å². The minimum Gasteiger partial charge on any atom is -0.493 e. The summed E-state index contributed by atoms with van der Waals surface area (Å²) in [5.74, 6) is 2.94. The SMILES string of the molecule is COc1ccc(Br)c(CNCc2ccc3c(c2)OCO3)c1OCc1cccc(Cl)c1. The average molecular weight is 491 g/mol. The number of nitrogens with one attached hydrogen (secondary N) is 1. The van der Waals surface area contributed by atoms with Gasteiger partial charge >= 0.3 is 0 Å². The molecule has 156 valence electrons. The molecule has 30 heavy (non-hydrogen) atoms. The van der Waals surface area contributed by atoms with E-state index >= 15 is 0 Å². The molecule has 0 bridgehead atoms. The summed E-state index contributed by atoms with van der Waals surface area (Å²) in [5.41, 5.74) is 3.08. The highest BCUT2D eigenvalue weighted by atomic mass is 79.9. The molecule has 0 aromatic heterocycles. The fourth-order valence-electron chi connectivity index (χ4n) is 3.23. The van der Waals surface area contributed by atoms with Crippen molar-refractivity contribution in [2.45, 2.75) is 19.7 Å². The fourth-order valence-corrected chi connectivity index (χ4v) is 3.90. The number of hydrogen-bond acceptors (Lipinski definition) is 5. The molecule has 3 aromatic carbocycles. The highest BCUT2D eigenvalue weighted by Crippen LogP contribution is 2.37. The number of fused-ring (bicyclic) bond motifs is 1. The lowest BCUT2D eigenvalue weighted by Gasteiger charge is -2.17. The minimum absolute atomic E-state index is 0.274. The Morgan fingerprint density at radius 2 is 1.87 bits per heavy atom. The standard InChI is InChI=1S/C23H21BrClNO4/c1-27-21-8-6-19(24)18(23(21)28-13-16-3-2-4-17(25)9-16)12-26-11-15-5-7-20-22(10-15)30-14-29-20/h2-10,26H,11-14H2,1H3. The normalized spacial score (nSPS) is 12.1. The number of halogens is 2. The second-order valence-electron chi connectivity index (χ2n) is 6.77. The Kier molecular flexibility index (Phi) is 6.67. The molecule has 0 radical (unpaired) electrons. The van der Waals surface area contributed by atoms with E-state index in [4.69, 9.17) is 30.5 Å². The molecule has 5 nitrogen and oxygen atoms in total. The first-order valence-corrected chi connectivity index (χ1v) is 10.6. The topological polar surface area (TPSA) is 49.0 Å². The largest absolute Gasteiger partial charge is 0.493 e. The molecule has 0 amide bonds. The Morgan fingerprint density at radius 1 is 1.00 bits per heavy atom. The maximum Gasteiger partial charge on any atom is 0.231 e. The van der Waals surface area contributed by atoms with Crippen LogP contribution in [0.1, 0.15) is 16.7 Å². The number of methoxy groups -OCH3 is 1. The number of ether oxygens (including phenoxy) is 4. The predicted molar refractivity (Wildman–Crippen MR) is 120 cm³/mol. The second-order valence-corrected chi connectivity index (χ2v) is 8.06. The van der Waals surface area contributed by atoms with Crippen LogP contribution in [0, 0.1) is 0 Å². The molecule has 7 heteroatoms. The first-order chi connectivity index (χ1) is 14.6. The number of rotatable bonds is 8. The van der Waals surface area contributed by atoms with Crippen LogP contribution in [-0.4, -0.2) is 13.9 Å². The van der Waals surface area contributed by atoms with Gasteiger partial charge < -0.3 is 24.3 Å². The first-order valence-electron chi connectivity index (χ1n) is 9.46. The molecular weight excluding hydrogens is 470 g/mol. The third kappa shape index (κ3) is 4.83. The van der Waals surface area contributed by atoms with Gasteiger partial charge in [-0.05, 0) is 47.5 Å². The van der Waals surface area contributed by atoms with Crippen LogP contribution in [-0.2, 0) is 19.7 Å². The highest BCUT2D eigenvalue weighted by Gasteiger charge is 2.16. The molecule has 1 heterocycles. The van der Waals surface area contributed by atoms with Crippen LogP contribution in [0.4, 0.5) is 0 Å². The van der Waals surface area contributed by atoms with E-state index in [0.29, 0.717) is 36.2 Å². The summed E-state index contributed by atoms with van der Waals surface area (Å²) in [7, 11) is 1.64. The van der Waals surface area contributed by atoms with E-state index in [1.807, 2.05) is 54.6 Å². The predicted octanol–water partition coefficient (Wildman–Crippen LogP) is 5.71. The Labute approximate surface area is 189 Å². The van der Waals surface area contributed by atoms with E-state index < -0.39 is 0 Å². The van der Waals surface area contributed by atoms with Gasteiger partial charge in [-0.25, -0.2) is 0 Å². The molecule has 3 aromatic rings. The molecule has 0 aliphatic carbocycles. The lowest BCUT2D eigenvalue weighted by Crippen LogP contribution is -2.14. The third-order valence-corrected chi connectivity index (χ3v) is 5.71. The first kappa shape index (κ1) is 20.8. The summed E-state index contributed by atoms with van der Waals surface area (Å²) >= 11 is 9.73. The summed E-state index contributed by atoms with van der Waals surface area (Å²) in [6.07, 6.45) is 0. The summed E-state index contributed by atoms with van der Waals surface area (Å²) in [5, 5.41) is 4.15. The molecule has 0 unspecified atom stereocenters. The van der Waals surface area contributed by atoms with Crippen molar-refractivity contribution in [3.63, 3.8) is 0 Å². The molecule has 0 saturated heterocycles. The Hall–Kier alpha value is -2.41. The molecule has 1 N–H and O–H groups in total. The van der Waals surface area contributed by atoms with Gasteiger partial charge in [0.15, 0.2) is 23.0 Å². The second kappa shape index (κ2) is 9.60. The van der Waals surface area contributed by atoms with E-state index in [2.05, 4.69) is 21.2 Å². The number of benzene rings is 3. The van der Waals surface area contributed by atoms with Gasteiger partial charge in [0.1, 0.15) is 6.61 Å². The van der Waals surface area contributed by atoms with E-state index in [-0.39, 0.29) is 6.79 Å². The zero-order chi connectivity index (χ0) is 20.9. The van der Waals surface area contributed by atoms with Crippen molar-refractivity contribution in [1.82, 2.24) is 5.32 Å². The van der Waals surface area contributed by atoms with E-state index in [1.54, 1.807) is 7.11 Å². The van der Waals surface area contributed by atoms with Crippen molar-refractivity contribution >= 4 is 27.5 Å². The third-order valence-electron chi connectivity index (χ3n) is 4.73. The maximum absolute atomic E-state index is 6.15. The fraction of sp³-hybridized carbons (Fsp3) is 0.217. The van der Waals surface area contributed by atoms with Crippen molar-refractivity contribution in [3.05, 3.63) is 80.8 Å². The Bertz CT molecular complexity index is 1040.